The van der Waals surface area contributed by atoms with Gasteiger partial charge in [-0.3, -0.25) is 10.1 Å². The summed E-state index contributed by atoms with van der Waals surface area (Å²) >= 11 is 0. The molecule has 2 rings (SSSR count). The molecule has 0 heterocycles. The lowest BCUT2D eigenvalue weighted by atomic mass is 9.97. The zero-order chi connectivity index (χ0) is 14.0. The number of rotatable bonds is 4. The van der Waals surface area contributed by atoms with E-state index >= 15 is 0 Å². The van der Waals surface area contributed by atoms with Crippen LogP contribution in [0.3, 0.4) is 0 Å². The van der Waals surface area contributed by atoms with Gasteiger partial charge in [0, 0.05) is 17.3 Å². The average molecular weight is 264 g/mol. The quantitative estimate of drug-likeness (QED) is 0.644. The number of aryl methyl sites for hydroxylation is 1. The van der Waals surface area contributed by atoms with Crippen molar-refractivity contribution < 1.29 is 14.8 Å². The third kappa shape index (κ3) is 2.52. The van der Waals surface area contributed by atoms with Crippen molar-refractivity contribution in [3.05, 3.63) is 33.9 Å². The molecule has 1 saturated carbocycles. The monoisotopic (exact) mass is 264 g/mol. The van der Waals surface area contributed by atoms with Gasteiger partial charge in [0.05, 0.1) is 4.92 Å². The molecule has 0 radical (unpaired) electrons. The van der Waals surface area contributed by atoms with Gasteiger partial charge < -0.3 is 10.4 Å². The van der Waals surface area contributed by atoms with Crippen LogP contribution >= 0.6 is 0 Å². The molecule has 6 nitrogen and oxygen atoms in total. The second kappa shape index (κ2) is 4.87. The van der Waals surface area contributed by atoms with Crippen LogP contribution in [0.25, 0.3) is 0 Å². The Kier molecular flexibility index (Phi) is 3.42. The van der Waals surface area contributed by atoms with Gasteiger partial charge in [0.25, 0.3) is 5.69 Å². The van der Waals surface area contributed by atoms with Gasteiger partial charge in [0.1, 0.15) is 5.54 Å². The molecule has 0 spiro atoms. The summed E-state index contributed by atoms with van der Waals surface area (Å²) in [5, 5.41) is 23.2. The Balaban J connectivity index is 2.30. The summed E-state index contributed by atoms with van der Waals surface area (Å²) in [6.45, 7) is 1.66. The van der Waals surface area contributed by atoms with Crippen molar-refractivity contribution in [2.75, 3.05) is 5.32 Å². The molecule has 0 saturated heterocycles. The van der Waals surface area contributed by atoms with Crippen LogP contribution in [0.15, 0.2) is 18.2 Å². The van der Waals surface area contributed by atoms with Crippen molar-refractivity contribution in [2.24, 2.45) is 0 Å². The second-order valence-electron chi connectivity index (χ2n) is 4.98. The molecule has 1 aliphatic carbocycles. The Morgan fingerprint density at radius 2 is 2.05 bits per heavy atom. The van der Waals surface area contributed by atoms with Crippen molar-refractivity contribution in [2.45, 2.75) is 38.1 Å². The van der Waals surface area contributed by atoms with E-state index in [1.165, 1.54) is 6.07 Å². The molecule has 0 unspecified atom stereocenters. The smallest absolute Gasteiger partial charge is 0.329 e. The summed E-state index contributed by atoms with van der Waals surface area (Å²) in [5.41, 5.74) is 0.0693. The van der Waals surface area contributed by atoms with Crippen LogP contribution in [0.4, 0.5) is 11.4 Å². The lowest BCUT2D eigenvalue weighted by Crippen LogP contribution is -2.43. The van der Waals surface area contributed by atoms with Crippen LogP contribution in [0.1, 0.15) is 31.2 Å². The van der Waals surface area contributed by atoms with Crippen molar-refractivity contribution in [1.29, 1.82) is 0 Å². The number of nitro groups is 1. The fourth-order valence-corrected chi connectivity index (χ4v) is 2.53. The van der Waals surface area contributed by atoms with Gasteiger partial charge in [-0.15, -0.1) is 0 Å². The highest BCUT2D eigenvalue weighted by molar-refractivity contribution is 5.83. The van der Waals surface area contributed by atoms with E-state index in [4.69, 9.17) is 0 Å². The van der Waals surface area contributed by atoms with Crippen LogP contribution in [-0.4, -0.2) is 21.5 Å². The van der Waals surface area contributed by atoms with Gasteiger partial charge in [-0.2, -0.15) is 0 Å². The molecule has 1 fully saturated rings. The average Bonchev–Trinajstić information content (AvgIpc) is 2.81. The summed E-state index contributed by atoms with van der Waals surface area (Å²) < 4.78 is 0. The Morgan fingerprint density at radius 3 is 2.58 bits per heavy atom. The third-order valence-corrected chi connectivity index (χ3v) is 3.66. The summed E-state index contributed by atoms with van der Waals surface area (Å²) in [6, 6.07) is 4.72. The number of nitro benzene ring substituents is 1. The number of nitrogens with zero attached hydrogens (tertiary/aromatic N) is 1. The minimum Gasteiger partial charge on any atom is -0.480 e. The van der Waals surface area contributed by atoms with Gasteiger partial charge in [-0.25, -0.2) is 4.79 Å². The first-order valence-corrected chi connectivity index (χ1v) is 6.21. The first-order valence-electron chi connectivity index (χ1n) is 6.21. The Morgan fingerprint density at radius 1 is 1.42 bits per heavy atom. The molecular weight excluding hydrogens is 248 g/mol. The molecule has 0 amide bonds. The fraction of sp³-hybridized carbons (Fsp3) is 0.462. The number of hydrogen-bond donors (Lipinski definition) is 2. The number of nitrogens with one attached hydrogen (secondary N) is 1. The van der Waals surface area contributed by atoms with Crippen molar-refractivity contribution in [1.82, 2.24) is 0 Å². The topological polar surface area (TPSA) is 92.5 Å². The molecule has 0 bridgehead atoms. The molecule has 1 aliphatic rings. The molecule has 6 heteroatoms. The first kappa shape index (κ1) is 13.3. The standard InChI is InChI=1S/C13H16N2O4/c1-9-4-5-10(8-11(9)15(18)19)14-13(12(16)17)6-2-3-7-13/h4-5,8,14H,2-3,6-7H2,1H3,(H,16,17). The first-order chi connectivity index (χ1) is 8.94. The minimum absolute atomic E-state index is 0.00327. The van der Waals surface area contributed by atoms with E-state index in [9.17, 15) is 20.0 Å². The normalized spacial score (nSPS) is 17.1. The SMILES string of the molecule is Cc1ccc(NC2(C(=O)O)CCCC2)cc1[N+](=O)[O-]. The van der Waals surface area contributed by atoms with E-state index in [0.29, 0.717) is 24.1 Å². The number of benzene rings is 1. The van der Waals surface area contributed by atoms with Crippen molar-refractivity contribution in [3.8, 4) is 0 Å². The molecular formula is C13H16N2O4. The Labute approximate surface area is 110 Å². The fourth-order valence-electron chi connectivity index (χ4n) is 2.53. The maximum Gasteiger partial charge on any atom is 0.329 e. The Bertz CT molecular complexity index is 521. The zero-order valence-electron chi connectivity index (χ0n) is 10.7. The third-order valence-electron chi connectivity index (χ3n) is 3.66. The number of aliphatic carboxylic acids is 1. The highest BCUT2D eigenvalue weighted by atomic mass is 16.6. The van der Waals surface area contributed by atoms with E-state index in [-0.39, 0.29) is 5.69 Å². The number of anilines is 1. The van der Waals surface area contributed by atoms with Crippen LogP contribution in [0, 0.1) is 17.0 Å². The number of carbonyl (C=O) groups is 1. The van der Waals surface area contributed by atoms with Crippen LogP contribution in [0.5, 0.6) is 0 Å². The molecule has 0 atom stereocenters. The van der Waals surface area contributed by atoms with Crippen molar-refractivity contribution >= 4 is 17.3 Å². The predicted molar refractivity (Wildman–Crippen MR) is 70.3 cm³/mol. The molecule has 102 valence electrons. The predicted octanol–water partition coefficient (Wildman–Crippen LogP) is 2.71. The van der Waals surface area contributed by atoms with Gasteiger partial charge in [-0.1, -0.05) is 18.9 Å². The highest BCUT2D eigenvalue weighted by Crippen LogP contribution is 2.34. The van der Waals surface area contributed by atoms with E-state index in [1.807, 2.05) is 0 Å². The molecule has 2 N–H and O–H groups in total. The van der Waals surface area contributed by atoms with Crippen LogP contribution < -0.4 is 5.32 Å². The number of hydrogen-bond acceptors (Lipinski definition) is 4. The summed E-state index contributed by atoms with van der Waals surface area (Å²) in [6.07, 6.45) is 2.80. The van der Waals surface area contributed by atoms with E-state index < -0.39 is 16.4 Å². The van der Waals surface area contributed by atoms with E-state index in [0.717, 1.165) is 12.8 Å². The summed E-state index contributed by atoms with van der Waals surface area (Å²) in [4.78, 5) is 21.8. The van der Waals surface area contributed by atoms with E-state index in [1.54, 1.807) is 19.1 Å². The van der Waals surface area contributed by atoms with Gasteiger partial charge >= 0.3 is 5.97 Å². The maximum atomic E-state index is 11.4. The number of carboxylic acids is 1. The zero-order valence-corrected chi connectivity index (χ0v) is 10.7. The number of carboxylic acid groups (broad SMARTS) is 1. The molecule has 1 aromatic carbocycles. The van der Waals surface area contributed by atoms with Gasteiger partial charge in [-0.05, 0) is 25.8 Å². The lowest BCUT2D eigenvalue weighted by Gasteiger charge is -2.26. The summed E-state index contributed by atoms with van der Waals surface area (Å²) in [7, 11) is 0. The van der Waals surface area contributed by atoms with Crippen LogP contribution in [-0.2, 0) is 4.79 Å². The Hall–Kier alpha value is -2.11. The van der Waals surface area contributed by atoms with Gasteiger partial charge in [0.15, 0.2) is 0 Å². The molecule has 0 aliphatic heterocycles. The molecule has 0 aromatic heterocycles. The van der Waals surface area contributed by atoms with Gasteiger partial charge in [0.2, 0.25) is 0 Å². The van der Waals surface area contributed by atoms with Crippen LogP contribution in [0.2, 0.25) is 0 Å². The minimum atomic E-state index is -0.983. The molecule has 19 heavy (non-hydrogen) atoms. The molecule has 1 aromatic rings. The largest absolute Gasteiger partial charge is 0.480 e. The summed E-state index contributed by atoms with van der Waals surface area (Å²) in [5.74, 6) is -0.895. The van der Waals surface area contributed by atoms with Crippen molar-refractivity contribution in [3.63, 3.8) is 0 Å². The maximum absolute atomic E-state index is 11.4. The second-order valence-corrected chi connectivity index (χ2v) is 4.98. The highest BCUT2D eigenvalue weighted by Gasteiger charge is 2.41. The van der Waals surface area contributed by atoms with E-state index in [2.05, 4.69) is 5.32 Å². The lowest BCUT2D eigenvalue weighted by molar-refractivity contribution is -0.385.